The normalized spacial score (nSPS) is 10.0. The van der Waals surface area contributed by atoms with Gasteiger partial charge in [-0.3, -0.25) is 19.7 Å². The summed E-state index contributed by atoms with van der Waals surface area (Å²) in [7, 11) is 0. The molecule has 0 heterocycles. The first-order valence-corrected chi connectivity index (χ1v) is 7.04. The largest absolute Gasteiger partial charge is 0.466 e. The molecule has 0 atom stereocenters. The van der Waals surface area contributed by atoms with E-state index in [1.54, 1.807) is 19.9 Å². The van der Waals surface area contributed by atoms with Crippen molar-refractivity contribution in [2.45, 2.75) is 26.7 Å². The highest BCUT2D eigenvalue weighted by Gasteiger charge is 2.16. The van der Waals surface area contributed by atoms with Crippen molar-refractivity contribution in [2.75, 3.05) is 11.9 Å². The van der Waals surface area contributed by atoms with Crippen LogP contribution < -0.4 is 5.32 Å². The monoisotopic (exact) mass is 358 g/mol. The van der Waals surface area contributed by atoms with Crippen LogP contribution in [-0.4, -0.2) is 23.4 Å². The molecule has 0 bridgehead atoms. The molecule has 0 unspecified atom stereocenters. The van der Waals surface area contributed by atoms with E-state index in [0.29, 0.717) is 15.7 Å². The predicted octanol–water partition coefficient (Wildman–Crippen LogP) is 2.95. The lowest BCUT2D eigenvalue weighted by Gasteiger charge is -2.08. The molecule has 0 radical (unpaired) electrons. The van der Waals surface area contributed by atoms with E-state index in [1.807, 2.05) is 0 Å². The highest BCUT2D eigenvalue weighted by molar-refractivity contribution is 9.10. The Morgan fingerprint density at radius 1 is 1.38 bits per heavy atom. The molecule has 0 aliphatic carbocycles. The van der Waals surface area contributed by atoms with Crippen LogP contribution in [0.4, 0.5) is 11.4 Å². The van der Waals surface area contributed by atoms with Gasteiger partial charge in [-0.25, -0.2) is 0 Å². The number of nitro groups is 1. The Hall–Kier alpha value is -1.96. The van der Waals surface area contributed by atoms with Gasteiger partial charge in [-0.1, -0.05) is 0 Å². The van der Waals surface area contributed by atoms with Gasteiger partial charge >= 0.3 is 5.97 Å². The number of amides is 1. The first kappa shape index (κ1) is 17.1. The lowest BCUT2D eigenvalue weighted by molar-refractivity contribution is -0.385. The molecule has 1 aromatic carbocycles. The maximum Gasteiger partial charge on any atom is 0.306 e. The molecule has 1 amide bonds. The van der Waals surface area contributed by atoms with Crippen molar-refractivity contribution < 1.29 is 19.2 Å². The number of nitrogens with zero attached hydrogens (tertiary/aromatic N) is 1. The average molecular weight is 359 g/mol. The zero-order chi connectivity index (χ0) is 16.0. The Morgan fingerprint density at radius 2 is 2.05 bits per heavy atom. The number of nitrogens with one attached hydrogen (secondary N) is 1. The average Bonchev–Trinajstić information content (AvgIpc) is 2.39. The fourth-order valence-electron chi connectivity index (χ4n) is 1.62. The molecule has 0 fully saturated rings. The maximum absolute atomic E-state index is 11.7. The Balaban J connectivity index is 2.74. The van der Waals surface area contributed by atoms with Crippen molar-refractivity contribution in [3.63, 3.8) is 0 Å². The zero-order valence-corrected chi connectivity index (χ0v) is 13.2. The molecule has 1 rings (SSSR count). The molecule has 0 spiro atoms. The highest BCUT2D eigenvalue weighted by atomic mass is 79.9. The Bertz CT molecular complexity index is 574. The van der Waals surface area contributed by atoms with Crippen LogP contribution in [0.15, 0.2) is 16.6 Å². The fraction of sp³-hybridized carbons (Fsp3) is 0.385. The third-order valence-electron chi connectivity index (χ3n) is 2.62. The molecule has 0 aliphatic rings. The summed E-state index contributed by atoms with van der Waals surface area (Å²) in [6.07, 6.45) is -0.0851. The van der Waals surface area contributed by atoms with Gasteiger partial charge in [-0.15, -0.1) is 0 Å². The second-order valence-corrected chi connectivity index (χ2v) is 5.08. The second kappa shape index (κ2) is 7.72. The van der Waals surface area contributed by atoms with Crippen molar-refractivity contribution in [1.29, 1.82) is 0 Å². The van der Waals surface area contributed by atoms with Gasteiger partial charge in [-0.2, -0.15) is 0 Å². The van der Waals surface area contributed by atoms with Crippen LogP contribution in [0.25, 0.3) is 0 Å². The maximum atomic E-state index is 11.7. The number of hydrogen-bond donors (Lipinski definition) is 1. The smallest absolute Gasteiger partial charge is 0.306 e. The van der Waals surface area contributed by atoms with Gasteiger partial charge in [0.1, 0.15) is 0 Å². The van der Waals surface area contributed by atoms with E-state index in [4.69, 9.17) is 4.74 Å². The summed E-state index contributed by atoms with van der Waals surface area (Å²) in [5.74, 6) is -0.872. The molecule has 0 saturated carbocycles. The summed E-state index contributed by atoms with van der Waals surface area (Å²) in [4.78, 5) is 33.2. The SMILES string of the molecule is CCOC(=O)CCC(=O)Nc1cc([N+](=O)[O-])c(C)cc1Br. The van der Waals surface area contributed by atoms with Crippen molar-refractivity contribution >= 4 is 39.2 Å². The minimum atomic E-state index is -0.518. The number of ether oxygens (including phenoxy) is 1. The molecule has 0 aromatic heterocycles. The molecule has 0 aliphatic heterocycles. The number of anilines is 1. The topological polar surface area (TPSA) is 98.5 Å². The fourth-order valence-corrected chi connectivity index (χ4v) is 2.17. The molecule has 7 nitrogen and oxygen atoms in total. The van der Waals surface area contributed by atoms with Crippen molar-refractivity contribution in [3.8, 4) is 0 Å². The summed E-state index contributed by atoms with van der Waals surface area (Å²) in [5.41, 5.74) is 0.691. The van der Waals surface area contributed by atoms with E-state index >= 15 is 0 Å². The number of carbonyl (C=O) groups excluding carboxylic acids is 2. The van der Waals surface area contributed by atoms with E-state index in [-0.39, 0.29) is 25.1 Å². The Labute approximate surface area is 129 Å². The number of carbonyl (C=O) groups is 2. The molecule has 0 saturated heterocycles. The predicted molar refractivity (Wildman–Crippen MR) is 80.0 cm³/mol. The number of nitro benzene ring substituents is 1. The first-order valence-electron chi connectivity index (χ1n) is 6.25. The standard InChI is InChI=1S/C13H15BrN2O5/c1-3-21-13(18)5-4-12(17)15-10-7-11(16(19)20)8(2)6-9(10)14/h6-7H,3-5H2,1-2H3,(H,15,17). The van der Waals surface area contributed by atoms with Gasteiger partial charge in [0.25, 0.3) is 5.69 Å². The van der Waals surface area contributed by atoms with Gasteiger partial charge in [0.2, 0.25) is 5.91 Å². The number of halogens is 1. The number of rotatable bonds is 6. The third kappa shape index (κ3) is 5.14. The number of hydrogen-bond acceptors (Lipinski definition) is 5. The van der Waals surface area contributed by atoms with E-state index in [9.17, 15) is 19.7 Å². The van der Waals surface area contributed by atoms with Gasteiger partial charge < -0.3 is 10.1 Å². The van der Waals surface area contributed by atoms with E-state index in [0.717, 1.165) is 0 Å². The summed E-state index contributed by atoms with van der Waals surface area (Å²) < 4.78 is 5.25. The summed E-state index contributed by atoms with van der Waals surface area (Å²) >= 11 is 3.23. The van der Waals surface area contributed by atoms with E-state index < -0.39 is 16.8 Å². The first-order chi connectivity index (χ1) is 9.85. The minimum Gasteiger partial charge on any atom is -0.466 e. The number of esters is 1. The Kier molecular flexibility index (Phi) is 6.29. The molecule has 1 N–H and O–H groups in total. The van der Waals surface area contributed by atoms with Crippen LogP contribution in [0.5, 0.6) is 0 Å². The van der Waals surface area contributed by atoms with Crippen LogP contribution in [0, 0.1) is 17.0 Å². The molecular weight excluding hydrogens is 344 g/mol. The zero-order valence-electron chi connectivity index (χ0n) is 11.6. The van der Waals surface area contributed by atoms with Gasteiger partial charge in [0.05, 0.1) is 23.6 Å². The molecular formula is C13H15BrN2O5. The minimum absolute atomic E-state index is 0.0365. The summed E-state index contributed by atoms with van der Waals surface area (Å²) in [6, 6.07) is 2.83. The summed E-state index contributed by atoms with van der Waals surface area (Å²) in [5, 5.41) is 13.4. The second-order valence-electron chi connectivity index (χ2n) is 4.23. The van der Waals surface area contributed by atoms with Crippen LogP contribution in [-0.2, 0) is 14.3 Å². The van der Waals surface area contributed by atoms with Gasteiger partial charge in [0.15, 0.2) is 0 Å². The molecule has 8 heteroatoms. The lowest BCUT2D eigenvalue weighted by atomic mass is 10.2. The summed E-state index contributed by atoms with van der Waals surface area (Å²) in [6.45, 7) is 3.55. The van der Waals surface area contributed by atoms with Gasteiger partial charge in [0, 0.05) is 22.5 Å². The van der Waals surface area contributed by atoms with Crippen LogP contribution >= 0.6 is 15.9 Å². The van der Waals surface area contributed by atoms with E-state index in [2.05, 4.69) is 21.2 Å². The quantitative estimate of drug-likeness (QED) is 0.478. The van der Waals surface area contributed by atoms with Crippen LogP contribution in [0.3, 0.4) is 0 Å². The van der Waals surface area contributed by atoms with Gasteiger partial charge in [-0.05, 0) is 35.8 Å². The van der Waals surface area contributed by atoms with Crippen molar-refractivity contribution in [1.82, 2.24) is 0 Å². The molecule has 114 valence electrons. The molecule has 1 aromatic rings. The highest BCUT2D eigenvalue weighted by Crippen LogP contribution is 2.30. The molecule has 21 heavy (non-hydrogen) atoms. The number of benzene rings is 1. The lowest BCUT2D eigenvalue weighted by Crippen LogP contribution is -2.15. The van der Waals surface area contributed by atoms with Crippen molar-refractivity contribution in [3.05, 3.63) is 32.3 Å². The van der Waals surface area contributed by atoms with Crippen molar-refractivity contribution in [2.24, 2.45) is 0 Å². The number of aryl methyl sites for hydroxylation is 1. The third-order valence-corrected chi connectivity index (χ3v) is 3.27. The van der Waals surface area contributed by atoms with Crippen LogP contribution in [0.1, 0.15) is 25.3 Å². The van der Waals surface area contributed by atoms with E-state index in [1.165, 1.54) is 6.07 Å². The Morgan fingerprint density at radius 3 is 2.62 bits per heavy atom. The van der Waals surface area contributed by atoms with Crippen LogP contribution in [0.2, 0.25) is 0 Å².